The molecule has 0 aliphatic rings. The van der Waals surface area contributed by atoms with Crippen molar-refractivity contribution in [3.8, 4) is 0 Å². The van der Waals surface area contributed by atoms with Gasteiger partial charge < -0.3 is 5.32 Å². The molecule has 0 saturated heterocycles. The third-order valence-corrected chi connectivity index (χ3v) is 1.73. The Balaban J connectivity index is 2.80. The summed E-state index contributed by atoms with van der Waals surface area (Å²) in [5.74, 6) is -0.480. The molecule has 0 saturated carbocycles. The van der Waals surface area contributed by atoms with Gasteiger partial charge in [0.05, 0.1) is 29.1 Å². The van der Waals surface area contributed by atoms with E-state index < -0.39 is 11.1 Å². The van der Waals surface area contributed by atoms with Crippen molar-refractivity contribution in [1.82, 2.24) is 10.3 Å². The van der Waals surface area contributed by atoms with Crippen LogP contribution in [0, 0.1) is 0 Å². The van der Waals surface area contributed by atoms with Crippen LogP contribution in [0.3, 0.4) is 0 Å². The zero-order valence-corrected chi connectivity index (χ0v) is 8.78. The fourth-order valence-corrected chi connectivity index (χ4v) is 1.17. The van der Waals surface area contributed by atoms with Gasteiger partial charge in [0.15, 0.2) is 0 Å². The highest BCUT2D eigenvalue weighted by atomic mass is 79.9. The highest BCUT2D eigenvalue weighted by molar-refractivity contribution is 9.10. The third kappa shape index (κ3) is 3.58. The van der Waals surface area contributed by atoms with Gasteiger partial charge in [-0.05, 0) is 22.0 Å². The lowest BCUT2D eigenvalue weighted by Crippen LogP contribution is -2.50. The summed E-state index contributed by atoms with van der Waals surface area (Å²) in [6.45, 7) is 0. The SMILES string of the molecule is [B]C([B])([B])NC(=O)c1cncc(Br)c1. The van der Waals surface area contributed by atoms with E-state index in [4.69, 9.17) is 23.5 Å². The van der Waals surface area contributed by atoms with Gasteiger partial charge in [-0.2, -0.15) is 0 Å². The standard InChI is InChI=1S/C7H4B3BrN2O/c8-7(9,10)13-6(14)4-1-5(11)3-12-2-4/h1-3H,(H,13,14). The number of hydrogen-bond acceptors (Lipinski definition) is 2. The summed E-state index contributed by atoms with van der Waals surface area (Å²) in [7, 11) is 15.6. The van der Waals surface area contributed by atoms with E-state index in [1.54, 1.807) is 12.3 Å². The predicted molar refractivity (Wildman–Crippen MR) is 59.4 cm³/mol. The Morgan fingerprint density at radius 1 is 1.43 bits per heavy atom. The van der Waals surface area contributed by atoms with Gasteiger partial charge in [0.25, 0.3) is 5.91 Å². The molecule has 0 fully saturated rings. The van der Waals surface area contributed by atoms with Crippen molar-refractivity contribution < 1.29 is 4.79 Å². The lowest BCUT2D eigenvalue weighted by atomic mass is 9.49. The molecular formula is C7H4B3BrN2O. The molecule has 0 unspecified atom stereocenters. The topological polar surface area (TPSA) is 42.0 Å². The molecule has 1 aromatic rings. The average Bonchev–Trinajstić information content (AvgIpc) is 2.01. The second-order valence-electron chi connectivity index (χ2n) is 2.78. The lowest BCUT2D eigenvalue weighted by molar-refractivity contribution is 0.0952. The Morgan fingerprint density at radius 3 is 2.57 bits per heavy atom. The van der Waals surface area contributed by atoms with Gasteiger partial charge in [-0.1, -0.05) is 5.24 Å². The Morgan fingerprint density at radius 2 is 2.07 bits per heavy atom. The Hall–Kier alpha value is -0.705. The summed E-state index contributed by atoms with van der Waals surface area (Å²) >= 11 is 3.17. The van der Waals surface area contributed by atoms with Crippen molar-refractivity contribution in [3.05, 3.63) is 28.5 Å². The number of amides is 1. The molecular weight excluding hydrogens is 240 g/mol. The summed E-state index contributed by atoms with van der Waals surface area (Å²) in [6, 6.07) is 1.58. The van der Waals surface area contributed by atoms with Crippen LogP contribution in [0.25, 0.3) is 0 Å². The van der Waals surface area contributed by atoms with E-state index in [-0.39, 0.29) is 0 Å². The van der Waals surface area contributed by atoms with Gasteiger partial charge in [0, 0.05) is 16.9 Å². The number of carbonyl (C=O) groups excluding carboxylic acids is 1. The van der Waals surface area contributed by atoms with E-state index in [2.05, 4.69) is 26.2 Å². The predicted octanol–water partition coefficient (Wildman–Crippen LogP) is -0.309. The average molecular weight is 244 g/mol. The molecule has 0 bridgehead atoms. The third-order valence-electron chi connectivity index (χ3n) is 1.30. The van der Waals surface area contributed by atoms with Gasteiger partial charge in [0.2, 0.25) is 0 Å². The fourth-order valence-electron chi connectivity index (χ4n) is 0.805. The minimum absolute atomic E-state index is 0.324. The number of halogens is 1. The number of carbonyl (C=O) groups is 1. The maximum absolute atomic E-state index is 11.4. The molecule has 1 rings (SSSR count). The van der Waals surface area contributed by atoms with Gasteiger partial charge in [0.1, 0.15) is 0 Å². The lowest BCUT2D eigenvalue weighted by Gasteiger charge is -2.21. The number of rotatable bonds is 2. The van der Waals surface area contributed by atoms with Crippen LogP contribution in [-0.2, 0) is 0 Å². The van der Waals surface area contributed by atoms with Crippen LogP contribution in [0.2, 0.25) is 0 Å². The summed E-state index contributed by atoms with van der Waals surface area (Å²) < 4.78 is 0.682. The highest BCUT2D eigenvalue weighted by Gasteiger charge is 2.14. The van der Waals surface area contributed by atoms with Crippen LogP contribution in [0.5, 0.6) is 0 Å². The largest absolute Gasteiger partial charge is 0.372 e. The molecule has 0 atom stereocenters. The summed E-state index contributed by atoms with van der Waals surface area (Å²) in [4.78, 5) is 15.2. The van der Waals surface area contributed by atoms with Crippen LogP contribution < -0.4 is 5.32 Å². The number of aromatic nitrogens is 1. The molecule has 3 nitrogen and oxygen atoms in total. The van der Waals surface area contributed by atoms with Crippen molar-refractivity contribution >= 4 is 45.4 Å². The summed E-state index contributed by atoms with van der Waals surface area (Å²) in [5, 5.41) is 0.473. The molecule has 1 heterocycles. The van der Waals surface area contributed by atoms with E-state index in [0.29, 0.717) is 10.0 Å². The molecule has 0 aliphatic heterocycles. The molecule has 1 aromatic heterocycles. The molecule has 7 heteroatoms. The van der Waals surface area contributed by atoms with Crippen molar-refractivity contribution in [2.75, 3.05) is 0 Å². The number of hydrogen-bond donors (Lipinski definition) is 1. The first-order chi connectivity index (χ1) is 6.38. The number of nitrogens with zero attached hydrogens (tertiary/aromatic N) is 1. The molecule has 0 spiro atoms. The zero-order valence-electron chi connectivity index (χ0n) is 7.20. The Labute approximate surface area is 94.4 Å². The maximum atomic E-state index is 11.4. The van der Waals surface area contributed by atoms with E-state index in [1.165, 1.54) is 6.20 Å². The molecule has 6 radical (unpaired) electrons. The van der Waals surface area contributed by atoms with Crippen molar-refractivity contribution in [2.45, 2.75) is 5.24 Å². The highest BCUT2D eigenvalue weighted by Crippen LogP contribution is 2.09. The number of pyridine rings is 1. The van der Waals surface area contributed by atoms with E-state index in [1.807, 2.05) is 0 Å². The van der Waals surface area contributed by atoms with Crippen molar-refractivity contribution in [2.24, 2.45) is 0 Å². The minimum Gasteiger partial charge on any atom is -0.372 e. The van der Waals surface area contributed by atoms with Gasteiger partial charge in [-0.25, -0.2) is 0 Å². The van der Waals surface area contributed by atoms with Crippen LogP contribution in [0.15, 0.2) is 22.9 Å². The monoisotopic (exact) mass is 244 g/mol. The van der Waals surface area contributed by atoms with E-state index in [9.17, 15) is 4.79 Å². The second-order valence-corrected chi connectivity index (χ2v) is 3.69. The smallest absolute Gasteiger partial charge is 0.251 e. The molecule has 1 N–H and O–H groups in total. The quantitative estimate of drug-likeness (QED) is 0.725. The first kappa shape index (κ1) is 11.4. The zero-order chi connectivity index (χ0) is 10.8. The van der Waals surface area contributed by atoms with Gasteiger partial charge in [-0.3, -0.25) is 9.78 Å². The molecule has 14 heavy (non-hydrogen) atoms. The minimum atomic E-state index is -1.72. The summed E-state index contributed by atoms with van der Waals surface area (Å²) in [6.07, 6.45) is 2.93. The van der Waals surface area contributed by atoms with Crippen LogP contribution in [0.4, 0.5) is 0 Å². The Bertz CT molecular complexity index is 353. The van der Waals surface area contributed by atoms with Gasteiger partial charge in [-0.15, -0.1) is 0 Å². The van der Waals surface area contributed by atoms with Crippen molar-refractivity contribution in [3.63, 3.8) is 0 Å². The van der Waals surface area contributed by atoms with E-state index >= 15 is 0 Å². The first-order valence-corrected chi connectivity index (χ1v) is 4.47. The summed E-state index contributed by atoms with van der Waals surface area (Å²) in [5.41, 5.74) is 0.324. The van der Waals surface area contributed by atoms with Crippen molar-refractivity contribution in [1.29, 1.82) is 0 Å². The maximum Gasteiger partial charge on any atom is 0.251 e. The number of nitrogens with one attached hydrogen (secondary N) is 1. The molecule has 1 amide bonds. The normalized spacial score (nSPS) is 10.9. The fraction of sp³-hybridized carbons (Fsp3) is 0.143. The first-order valence-electron chi connectivity index (χ1n) is 3.68. The molecule has 0 aromatic carbocycles. The second kappa shape index (κ2) is 4.21. The molecule has 0 aliphatic carbocycles. The Kier molecular flexibility index (Phi) is 3.42. The van der Waals surface area contributed by atoms with E-state index in [0.717, 1.165) is 0 Å². The van der Waals surface area contributed by atoms with Crippen LogP contribution >= 0.6 is 15.9 Å². The van der Waals surface area contributed by atoms with Gasteiger partial charge >= 0.3 is 0 Å². The van der Waals surface area contributed by atoms with Crippen LogP contribution in [0.1, 0.15) is 10.4 Å². The van der Waals surface area contributed by atoms with Crippen LogP contribution in [-0.4, -0.2) is 39.7 Å². The molecule has 64 valence electrons.